The fourth-order valence-electron chi connectivity index (χ4n) is 1.44. The second-order valence-electron chi connectivity index (χ2n) is 3.11. The van der Waals surface area contributed by atoms with E-state index in [0.29, 0.717) is 10.3 Å². The van der Waals surface area contributed by atoms with Crippen molar-refractivity contribution < 1.29 is 0 Å². The Hall–Kier alpha value is -1.42. The molecule has 0 unspecified atom stereocenters. The average Bonchev–Trinajstić information content (AvgIpc) is 2.17. The number of nitrogens with zero attached hydrogens (tertiary/aromatic N) is 1. The number of aryl methyl sites for hydroxylation is 1. The minimum atomic E-state index is 0.578. The van der Waals surface area contributed by atoms with Gasteiger partial charge in [0.15, 0.2) is 0 Å². The van der Waals surface area contributed by atoms with Crippen LogP contribution in [0.4, 0.5) is 5.69 Å². The van der Waals surface area contributed by atoms with Gasteiger partial charge in [0.25, 0.3) is 0 Å². The third-order valence-electron chi connectivity index (χ3n) is 2.16. The maximum absolute atomic E-state index is 5.82. The maximum atomic E-state index is 5.82. The summed E-state index contributed by atoms with van der Waals surface area (Å²) in [5.41, 5.74) is 7.46. The van der Waals surface area contributed by atoms with Gasteiger partial charge in [-0.25, -0.2) is 4.98 Å². The molecule has 1 aromatic carbocycles. The molecule has 0 bridgehead atoms. The van der Waals surface area contributed by atoms with Crippen molar-refractivity contribution in [2.75, 3.05) is 5.73 Å². The lowest BCUT2D eigenvalue weighted by Gasteiger charge is -2.03. The number of aromatic nitrogens is 2. The van der Waals surface area contributed by atoms with Crippen LogP contribution in [0.5, 0.6) is 0 Å². The summed E-state index contributed by atoms with van der Waals surface area (Å²) in [5.74, 6) is 0.896. The van der Waals surface area contributed by atoms with Crippen molar-refractivity contribution in [3.63, 3.8) is 0 Å². The van der Waals surface area contributed by atoms with Gasteiger partial charge in [0.1, 0.15) is 10.5 Å². The Balaban J connectivity index is 2.90. The van der Waals surface area contributed by atoms with E-state index in [0.717, 1.165) is 23.1 Å². The first-order valence-corrected chi connectivity index (χ1v) is 4.90. The van der Waals surface area contributed by atoms with Crippen LogP contribution in [-0.4, -0.2) is 9.97 Å². The second-order valence-corrected chi connectivity index (χ2v) is 3.50. The SMILES string of the molecule is CCc1nc(=S)c2c(N)cccc2[nH]1. The van der Waals surface area contributed by atoms with Gasteiger partial charge in [-0.05, 0) is 12.1 Å². The van der Waals surface area contributed by atoms with Crippen LogP contribution in [-0.2, 0) is 6.42 Å². The monoisotopic (exact) mass is 205 g/mol. The van der Waals surface area contributed by atoms with Crippen molar-refractivity contribution in [3.8, 4) is 0 Å². The summed E-state index contributed by atoms with van der Waals surface area (Å²) >= 11 is 5.18. The van der Waals surface area contributed by atoms with Crippen molar-refractivity contribution in [2.45, 2.75) is 13.3 Å². The zero-order valence-corrected chi connectivity index (χ0v) is 8.69. The highest BCUT2D eigenvalue weighted by Crippen LogP contribution is 2.19. The lowest BCUT2D eigenvalue weighted by molar-refractivity contribution is 0.955. The summed E-state index contributed by atoms with van der Waals surface area (Å²) in [6.45, 7) is 2.03. The van der Waals surface area contributed by atoms with Crippen LogP contribution in [0, 0.1) is 4.64 Å². The van der Waals surface area contributed by atoms with E-state index in [1.165, 1.54) is 0 Å². The van der Waals surface area contributed by atoms with E-state index in [9.17, 15) is 0 Å². The predicted octanol–water partition coefficient (Wildman–Crippen LogP) is 2.44. The number of nitrogens with two attached hydrogens (primary N) is 1. The lowest BCUT2D eigenvalue weighted by atomic mass is 10.2. The van der Waals surface area contributed by atoms with Crippen LogP contribution in [0.1, 0.15) is 12.7 Å². The molecule has 3 nitrogen and oxygen atoms in total. The fraction of sp³-hybridized carbons (Fsp3) is 0.200. The molecular weight excluding hydrogens is 194 g/mol. The molecule has 1 heterocycles. The Morgan fingerprint density at radius 2 is 2.29 bits per heavy atom. The summed E-state index contributed by atoms with van der Waals surface area (Å²) < 4.78 is 0.578. The number of fused-ring (bicyclic) bond motifs is 1. The normalized spacial score (nSPS) is 10.6. The van der Waals surface area contributed by atoms with Crippen LogP contribution < -0.4 is 5.73 Å². The summed E-state index contributed by atoms with van der Waals surface area (Å²) in [6.07, 6.45) is 0.842. The topological polar surface area (TPSA) is 54.7 Å². The first-order valence-electron chi connectivity index (χ1n) is 4.49. The summed E-state index contributed by atoms with van der Waals surface area (Å²) in [5, 5.41) is 0.847. The average molecular weight is 205 g/mol. The Morgan fingerprint density at radius 1 is 1.50 bits per heavy atom. The molecule has 0 atom stereocenters. The van der Waals surface area contributed by atoms with E-state index in [4.69, 9.17) is 18.0 Å². The highest BCUT2D eigenvalue weighted by Gasteiger charge is 2.02. The maximum Gasteiger partial charge on any atom is 0.139 e. The molecular formula is C10H11N3S. The van der Waals surface area contributed by atoms with Gasteiger partial charge in [0, 0.05) is 12.1 Å². The van der Waals surface area contributed by atoms with Gasteiger partial charge in [-0.2, -0.15) is 0 Å². The van der Waals surface area contributed by atoms with Gasteiger partial charge in [-0.1, -0.05) is 25.2 Å². The van der Waals surface area contributed by atoms with E-state index < -0.39 is 0 Å². The van der Waals surface area contributed by atoms with Crippen LogP contribution in [0.3, 0.4) is 0 Å². The van der Waals surface area contributed by atoms with Crippen molar-refractivity contribution in [1.82, 2.24) is 9.97 Å². The van der Waals surface area contributed by atoms with E-state index in [-0.39, 0.29) is 0 Å². The molecule has 0 saturated carbocycles. The number of benzene rings is 1. The van der Waals surface area contributed by atoms with Gasteiger partial charge in [0.2, 0.25) is 0 Å². The van der Waals surface area contributed by atoms with Crippen molar-refractivity contribution >= 4 is 28.8 Å². The van der Waals surface area contributed by atoms with Gasteiger partial charge in [-0.15, -0.1) is 0 Å². The van der Waals surface area contributed by atoms with Gasteiger partial charge in [-0.3, -0.25) is 0 Å². The number of H-pyrrole nitrogens is 1. The molecule has 3 N–H and O–H groups in total. The third kappa shape index (κ3) is 1.37. The van der Waals surface area contributed by atoms with E-state index in [1.807, 2.05) is 25.1 Å². The van der Waals surface area contributed by atoms with Crippen molar-refractivity contribution in [3.05, 3.63) is 28.7 Å². The highest BCUT2D eigenvalue weighted by atomic mass is 32.1. The summed E-state index contributed by atoms with van der Waals surface area (Å²) in [4.78, 5) is 7.46. The van der Waals surface area contributed by atoms with Crippen LogP contribution in [0.2, 0.25) is 0 Å². The minimum Gasteiger partial charge on any atom is -0.398 e. The molecule has 2 aromatic rings. The molecule has 0 spiro atoms. The highest BCUT2D eigenvalue weighted by molar-refractivity contribution is 7.71. The fourth-order valence-corrected chi connectivity index (χ4v) is 1.78. The van der Waals surface area contributed by atoms with Crippen molar-refractivity contribution in [2.24, 2.45) is 0 Å². The van der Waals surface area contributed by atoms with E-state index in [1.54, 1.807) is 0 Å². The molecule has 72 valence electrons. The Labute approximate surface area is 87.0 Å². The zero-order valence-electron chi connectivity index (χ0n) is 7.87. The summed E-state index contributed by atoms with van der Waals surface area (Å²) in [7, 11) is 0. The number of hydrogen-bond acceptors (Lipinski definition) is 3. The molecule has 1 aromatic heterocycles. The molecule has 0 aliphatic heterocycles. The number of nitrogen functional groups attached to an aromatic ring is 1. The summed E-state index contributed by atoms with van der Waals surface area (Å²) in [6, 6.07) is 5.70. The standard InChI is InChI=1S/C10H11N3S/c1-2-8-12-7-5-3-4-6(11)9(7)10(14)13-8/h3-5H,2,11H2,1H3,(H,12,13,14). The minimum absolute atomic E-state index is 0.578. The van der Waals surface area contributed by atoms with E-state index >= 15 is 0 Å². The lowest BCUT2D eigenvalue weighted by Crippen LogP contribution is -1.96. The molecule has 0 saturated heterocycles. The molecule has 0 aliphatic rings. The Bertz CT molecular complexity index is 530. The molecule has 14 heavy (non-hydrogen) atoms. The molecule has 0 amide bonds. The molecule has 4 heteroatoms. The number of hydrogen-bond donors (Lipinski definition) is 2. The van der Waals surface area contributed by atoms with Crippen LogP contribution >= 0.6 is 12.2 Å². The van der Waals surface area contributed by atoms with Crippen molar-refractivity contribution in [1.29, 1.82) is 0 Å². The van der Waals surface area contributed by atoms with Gasteiger partial charge in [0.05, 0.1) is 10.9 Å². The Kier molecular flexibility index (Phi) is 2.21. The number of aromatic amines is 1. The van der Waals surface area contributed by atoms with Gasteiger partial charge < -0.3 is 10.7 Å². The first kappa shape index (κ1) is 9.15. The molecule has 0 aliphatic carbocycles. The second kappa shape index (κ2) is 3.38. The van der Waals surface area contributed by atoms with E-state index in [2.05, 4.69) is 9.97 Å². The molecule has 2 rings (SSSR count). The van der Waals surface area contributed by atoms with Crippen LogP contribution in [0.25, 0.3) is 10.9 Å². The molecule has 0 fully saturated rings. The van der Waals surface area contributed by atoms with Crippen LogP contribution in [0.15, 0.2) is 18.2 Å². The number of anilines is 1. The quantitative estimate of drug-likeness (QED) is 0.555. The smallest absolute Gasteiger partial charge is 0.139 e. The zero-order chi connectivity index (χ0) is 10.1. The number of rotatable bonds is 1. The van der Waals surface area contributed by atoms with Gasteiger partial charge >= 0.3 is 0 Å². The predicted molar refractivity (Wildman–Crippen MR) is 60.7 cm³/mol. The molecule has 0 radical (unpaired) electrons. The third-order valence-corrected chi connectivity index (χ3v) is 2.46. The number of nitrogens with one attached hydrogen (secondary N) is 1. The first-order chi connectivity index (χ1) is 6.72. The Morgan fingerprint density at radius 3 is 3.00 bits per heavy atom. The largest absolute Gasteiger partial charge is 0.398 e.